The van der Waals surface area contributed by atoms with Gasteiger partial charge in [0.15, 0.2) is 0 Å². The lowest BCUT2D eigenvalue weighted by atomic mass is 10.2. The molecule has 1 fully saturated rings. The highest BCUT2D eigenvalue weighted by Crippen LogP contribution is 2.19. The summed E-state index contributed by atoms with van der Waals surface area (Å²) in [5, 5.41) is 8.79. The van der Waals surface area contributed by atoms with E-state index >= 15 is 0 Å². The predicted octanol–water partition coefficient (Wildman–Crippen LogP) is -0.136. The summed E-state index contributed by atoms with van der Waals surface area (Å²) in [5.74, 6) is 0. The molecule has 1 aromatic carbocycles. The third-order valence-corrected chi connectivity index (χ3v) is 4.60. The first kappa shape index (κ1) is 13.0. The maximum absolute atomic E-state index is 12.3. The Morgan fingerprint density at radius 3 is 2.94 bits per heavy atom. The molecule has 1 aliphatic heterocycles. The van der Waals surface area contributed by atoms with Crippen LogP contribution in [0.4, 0.5) is 0 Å². The normalized spacial score (nSPS) is 21.4. The molecule has 0 bridgehead atoms. The zero-order valence-electron chi connectivity index (χ0n) is 9.61. The van der Waals surface area contributed by atoms with Crippen molar-refractivity contribution in [3.8, 4) is 6.07 Å². The van der Waals surface area contributed by atoms with Crippen molar-refractivity contribution >= 4 is 10.0 Å². The second-order valence-corrected chi connectivity index (χ2v) is 5.79. The Morgan fingerprint density at radius 2 is 2.28 bits per heavy atom. The molecule has 2 rings (SSSR count). The Labute approximate surface area is 106 Å². The minimum atomic E-state index is -3.67. The molecule has 0 spiro atoms. The Bertz CT molecular complexity index is 579. The maximum atomic E-state index is 12.3. The van der Waals surface area contributed by atoms with Crippen LogP contribution < -0.4 is 5.73 Å². The van der Waals surface area contributed by atoms with E-state index in [1.807, 2.05) is 6.07 Å². The summed E-state index contributed by atoms with van der Waals surface area (Å²) in [7, 11) is -3.67. The average Bonchev–Trinajstić information content (AvgIpc) is 2.39. The van der Waals surface area contributed by atoms with Gasteiger partial charge in [-0.3, -0.25) is 0 Å². The van der Waals surface area contributed by atoms with Crippen molar-refractivity contribution in [1.82, 2.24) is 4.31 Å². The smallest absolute Gasteiger partial charge is 0.244 e. The molecule has 1 aromatic rings. The molecule has 0 amide bonds. The first-order valence-electron chi connectivity index (χ1n) is 5.41. The minimum absolute atomic E-state index is 0.0823. The number of nitrogens with two attached hydrogens (primary N) is 1. The second kappa shape index (κ2) is 5.04. The maximum Gasteiger partial charge on any atom is 0.244 e. The first-order chi connectivity index (χ1) is 8.55. The lowest BCUT2D eigenvalue weighted by molar-refractivity contribution is 0.0350. The molecule has 2 N–H and O–H groups in total. The van der Waals surface area contributed by atoms with Crippen LogP contribution in [0.3, 0.4) is 0 Å². The summed E-state index contributed by atoms with van der Waals surface area (Å²) in [5.41, 5.74) is 6.03. The van der Waals surface area contributed by atoms with Gasteiger partial charge in [0.2, 0.25) is 10.0 Å². The van der Waals surface area contributed by atoms with E-state index in [-0.39, 0.29) is 18.0 Å². The van der Waals surface area contributed by atoms with Crippen LogP contribution in [-0.2, 0) is 14.8 Å². The van der Waals surface area contributed by atoms with Crippen molar-refractivity contribution in [2.45, 2.75) is 11.1 Å². The number of sulfonamides is 1. The zero-order chi connectivity index (χ0) is 13.2. The fraction of sp³-hybridized carbons (Fsp3) is 0.364. The fourth-order valence-electron chi connectivity index (χ4n) is 1.77. The third kappa shape index (κ3) is 2.37. The molecule has 18 heavy (non-hydrogen) atoms. The van der Waals surface area contributed by atoms with Crippen LogP contribution in [0.1, 0.15) is 5.56 Å². The van der Waals surface area contributed by atoms with Crippen LogP contribution in [0.5, 0.6) is 0 Å². The molecule has 96 valence electrons. The number of hydrogen-bond acceptors (Lipinski definition) is 5. The highest BCUT2D eigenvalue weighted by Gasteiger charge is 2.31. The number of nitriles is 1. The van der Waals surface area contributed by atoms with Gasteiger partial charge >= 0.3 is 0 Å². The molecule has 1 saturated heterocycles. The number of benzene rings is 1. The lowest BCUT2D eigenvalue weighted by Gasteiger charge is -2.31. The van der Waals surface area contributed by atoms with Crippen molar-refractivity contribution in [2.75, 3.05) is 19.8 Å². The predicted molar refractivity (Wildman–Crippen MR) is 63.8 cm³/mol. The quantitative estimate of drug-likeness (QED) is 0.804. The summed E-state index contributed by atoms with van der Waals surface area (Å²) >= 11 is 0. The highest BCUT2D eigenvalue weighted by molar-refractivity contribution is 7.89. The van der Waals surface area contributed by atoms with Gasteiger partial charge in [-0.2, -0.15) is 9.57 Å². The van der Waals surface area contributed by atoms with Crippen LogP contribution in [-0.4, -0.2) is 38.6 Å². The topological polar surface area (TPSA) is 96.4 Å². The number of ether oxygens (including phenoxy) is 1. The van der Waals surface area contributed by atoms with E-state index in [9.17, 15) is 8.42 Å². The zero-order valence-corrected chi connectivity index (χ0v) is 10.4. The Kier molecular flexibility index (Phi) is 3.63. The van der Waals surface area contributed by atoms with E-state index in [0.717, 1.165) is 0 Å². The van der Waals surface area contributed by atoms with Crippen LogP contribution in [0.2, 0.25) is 0 Å². The average molecular weight is 267 g/mol. The van der Waals surface area contributed by atoms with Crippen molar-refractivity contribution in [2.24, 2.45) is 5.73 Å². The van der Waals surface area contributed by atoms with Crippen molar-refractivity contribution in [1.29, 1.82) is 5.26 Å². The van der Waals surface area contributed by atoms with Crippen molar-refractivity contribution in [3.05, 3.63) is 29.8 Å². The number of nitrogens with zero attached hydrogens (tertiary/aromatic N) is 2. The van der Waals surface area contributed by atoms with E-state index in [0.29, 0.717) is 12.2 Å². The van der Waals surface area contributed by atoms with Gasteiger partial charge in [-0.05, 0) is 18.2 Å². The van der Waals surface area contributed by atoms with E-state index in [4.69, 9.17) is 15.7 Å². The summed E-state index contributed by atoms with van der Waals surface area (Å²) in [4.78, 5) is 0.0823. The van der Waals surface area contributed by atoms with Crippen molar-refractivity contribution in [3.63, 3.8) is 0 Å². The summed E-state index contributed by atoms with van der Waals surface area (Å²) in [6.45, 7) is 0.725. The molecule has 1 atom stereocenters. The molecular weight excluding hydrogens is 254 g/mol. The van der Waals surface area contributed by atoms with Gasteiger partial charge in [0.1, 0.15) is 0 Å². The highest BCUT2D eigenvalue weighted by atomic mass is 32.2. The van der Waals surface area contributed by atoms with E-state index < -0.39 is 16.2 Å². The Morgan fingerprint density at radius 1 is 1.50 bits per heavy atom. The molecule has 0 aliphatic carbocycles. The molecule has 0 radical (unpaired) electrons. The number of hydrogen-bond donors (Lipinski definition) is 1. The number of morpholine rings is 1. The van der Waals surface area contributed by atoms with Gasteiger partial charge in [-0.25, -0.2) is 8.42 Å². The van der Waals surface area contributed by atoms with Crippen LogP contribution >= 0.6 is 0 Å². The molecule has 7 heteroatoms. The summed E-state index contributed by atoms with van der Waals surface area (Å²) in [6.07, 6.45) is -0.686. The third-order valence-electron chi connectivity index (χ3n) is 2.68. The van der Waals surface area contributed by atoms with Gasteiger partial charge in [-0.15, -0.1) is 0 Å². The first-order valence-corrected chi connectivity index (χ1v) is 6.85. The van der Waals surface area contributed by atoms with Gasteiger partial charge in [0, 0.05) is 6.54 Å². The number of rotatable bonds is 2. The monoisotopic (exact) mass is 267 g/mol. The van der Waals surface area contributed by atoms with Gasteiger partial charge < -0.3 is 10.5 Å². The molecule has 0 aromatic heterocycles. The SMILES string of the molecule is N#Cc1cccc(S(=O)(=O)N2CCOCC2N)c1. The Balaban J connectivity index is 2.38. The van der Waals surface area contributed by atoms with Crippen LogP contribution in [0, 0.1) is 11.3 Å². The second-order valence-electron chi connectivity index (χ2n) is 3.90. The van der Waals surface area contributed by atoms with Gasteiger partial charge in [0.05, 0.1) is 35.9 Å². The van der Waals surface area contributed by atoms with E-state index in [1.165, 1.54) is 22.5 Å². The molecule has 1 unspecified atom stereocenters. The lowest BCUT2D eigenvalue weighted by Crippen LogP contribution is -2.53. The summed E-state index contributed by atoms with van der Waals surface area (Å²) in [6, 6.07) is 7.81. The molecule has 6 nitrogen and oxygen atoms in total. The standard InChI is InChI=1S/C11H13N3O3S/c12-7-9-2-1-3-10(6-9)18(15,16)14-4-5-17-8-11(14)13/h1-3,6,11H,4-5,8,13H2. The van der Waals surface area contributed by atoms with E-state index in [1.54, 1.807) is 6.07 Å². The largest absolute Gasteiger partial charge is 0.377 e. The minimum Gasteiger partial charge on any atom is -0.377 e. The molecular formula is C11H13N3O3S. The van der Waals surface area contributed by atoms with Crippen LogP contribution in [0.15, 0.2) is 29.2 Å². The Hall–Kier alpha value is -1.46. The van der Waals surface area contributed by atoms with Gasteiger partial charge in [-0.1, -0.05) is 6.07 Å². The van der Waals surface area contributed by atoms with Gasteiger partial charge in [0.25, 0.3) is 0 Å². The molecule has 1 aliphatic rings. The van der Waals surface area contributed by atoms with Crippen LogP contribution in [0.25, 0.3) is 0 Å². The van der Waals surface area contributed by atoms with E-state index in [2.05, 4.69) is 0 Å². The fourth-order valence-corrected chi connectivity index (χ4v) is 3.30. The summed E-state index contributed by atoms with van der Waals surface area (Å²) < 4.78 is 31.0. The molecule has 0 saturated carbocycles. The molecule has 1 heterocycles. The van der Waals surface area contributed by atoms with Crippen molar-refractivity contribution < 1.29 is 13.2 Å².